The topological polar surface area (TPSA) is 107 Å². The summed E-state index contributed by atoms with van der Waals surface area (Å²) in [4.78, 5) is 33.3. The lowest BCUT2D eigenvalue weighted by atomic mass is 9.67. The van der Waals surface area contributed by atoms with Crippen LogP contribution in [0, 0.1) is 13.8 Å². The first-order valence-electron chi connectivity index (χ1n) is 14.4. The van der Waals surface area contributed by atoms with Crippen molar-refractivity contribution in [2.24, 2.45) is 0 Å². The van der Waals surface area contributed by atoms with Crippen molar-refractivity contribution in [1.82, 2.24) is 14.9 Å². The van der Waals surface area contributed by atoms with Gasteiger partial charge >= 0.3 is 11.9 Å². The highest BCUT2D eigenvalue weighted by Gasteiger charge is 2.36. The van der Waals surface area contributed by atoms with Crippen molar-refractivity contribution in [3.05, 3.63) is 137 Å². The number of rotatable bonds is 9. The van der Waals surface area contributed by atoms with Crippen LogP contribution in [0.2, 0.25) is 0 Å². The maximum Gasteiger partial charge on any atom is 0.328 e. The number of nitrogens with zero attached hydrogens (tertiary/aromatic N) is 4. The van der Waals surface area contributed by atoms with E-state index in [0.717, 1.165) is 56.4 Å². The molecule has 2 N–H and O–H groups in total. The molecule has 4 aromatic rings. The van der Waals surface area contributed by atoms with Gasteiger partial charge in [0.2, 0.25) is 5.95 Å². The van der Waals surface area contributed by atoms with Crippen LogP contribution < -0.4 is 4.90 Å². The summed E-state index contributed by atoms with van der Waals surface area (Å²) in [5, 5.41) is 15.6. The molecule has 43 heavy (non-hydrogen) atoms. The molecule has 0 radical (unpaired) electrons. The number of carbonyl (C=O) groups is 2. The highest BCUT2D eigenvalue weighted by molar-refractivity contribution is 5.89. The molecule has 0 saturated carbocycles. The summed E-state index contributed by atoms with van der Waals surface area (Å²) in [7, 11) is 0. The largest absolute Gasteiger partial charge is 0.478 e. The molecule has 0 spiro atoms. The molecule has 1 aliphatic heterocycles. The first-order valence-corrected chi connectivity index (χ1v) is 14.4. The second kappa shape index (κ2) is 14.9. The van der Waals surface area contributed by atoms with E-state index in [4.69, 9.17) is 15.2 Å². The van der Waals surface area contributed by atoms with Crippen LogP contribution in [0.15, 0.2) is 109 Å². The zero-order chi connectivity index (χ0) is 30.7. The van der Waals surface area contributed by atoms with Crippen LogP contribution in [-0.4, -0.2) is 69.7 Å². The van der Waals surface area contributed by atoms with Gasteiger partial charge in [0.1, 0.15) is 0 Å². The lowest BCUT2D eigenvalue weighted by Crippen LogP contribution is -2.48. The van der Waals surface area contributed by atoms with E-state index in [0.29, 0.717) is 12.2 Å². The van der Waals surface area contributed by atoms with Crippen molar-refractivity contribution in [1.29, 1.82) is 0 Å². The first kappa shape index (κ1) is 31.1. The van der Waals surface area contributed by atoms with E-state index in [1.54, 1.807) is 0 Å². The summed E-state index contributed by atoms with van der Waals surface area (Å²) in [6, 6.07) is 33.0. The number of piperazine rings is 1. The molecule has 2 heterocycles. The Bertz CT molecular complexity index is 1390. The molecule has 1 fully saturated rings. The molecule has 3 aromatic carbocycles. The quantitative estimate of drug-likeness (QED) is 0.202. The van der Waals surface area contributed by atoms with Gasteiger partial charge in [0, 0.05) is 55.6 Å². The van der Waals surface area contributed by atoms with Crippen LogP contribution in [0.1, 0.15) is 34.4 Å². The molecule has 222 valence electrons. The van der Waals surface area contributed by atoms with Crippen LogP contribution >= 0.6 is 0 Å². The molecule has 0 unspecified atom stereocenters. The second-order valence-electron chi connectivity index (χ2n) is 10.5. The lowest BCUT2D eigenvalue weighted by molar-refractivity contribution is -0.134. The average molecular weight is 579 g/mol. The van der Waals surface area contributed by atoms with Crippen molar-refractivity contribution < 1.29 is 19.8 Å². The number of anilines is 1. The zero-order valence-electron chi connectivity index (χ0n) is 24.6. The zero-order valence-corrected chi connectivity index (χ0v) is 24.6. The summed E-state index contributed by atoms with van der Waals surface area (Å²) in [5.41, 5.74) is 6.05. The Hall–Kier alpha value is -4.82. The van der Waals surface area contributed by atoms with Gasteiger partial charge in [0.05, 0.1) is 0 Å². The number of carboxylic acids is 2. The van der Waals surface area contributed by atoms with Gasteiger partial charge in [-0.15, -0.1) is 0 Å². The first-order chi connectivity index (χ1) is 20.8. The van der Waals surface area contributed by atoms with Gasteiger partial charge in [0.15, 0.2) is 0 Å². The van der Waals surface area contributed by atoms with Crippen LogP contribution in [0.3, 0.4) is 0 Å². The highest BCUT2D eigenvalue weighted by Crippen LogP contribution is 2.42. The number of aliphatic carboxylic acids is 2. The fourth-order valence-corrected chi connectivity index (χ4v) is 5.41. The summed E-state index contributed by atoms with van der Waals surface area (Å²) in [6.07, 6.45) is 4.08. The third-order valence-corrected chi connectivity index (χ3v) is 7.84. The van der Waals surface area contributed by atoms with Gasteiger partial charge in [-0.2, -0.15) is 0 Å². The molecule has 0 aliphatic carbocycles. The molecule has 0 amide bonds. The van der Waals surface area contributed by atoms with Crippen molar-refractivity contribution >= 4 is 17.9 Å². The van der Waals surface area contributed by atoms with E-state index in [1.807, 2.05) is 6.20 Å². The molecule has 1 saturated heterocycles. The lowest BCUT2D eigenvalue weighted by Gasteiger charge is -2.40. The van der Waals surface area contributed by atoms with Crippen molar-refractivity contribution in [2.75, 3.05) is 37.6 Å². The Labute approximate surface area is 253 Å². The number of aryl methyl sites for hydroxylation is 2. The third-order valence-electron chi connectivity index (χ3n) is 7.84. The highest BCUT2D eigenvalue weighted by atomic mass is 16.4. The van der Waals surface area contributed by atoms with Crippen LogP contribution in [0.5, 0.6) is 0 Å². The minimum absolute atomic E-state index is 0.196. The van der Waals surface area contributed by atoms with E-state index in [2.05, 4.69) is 120 Å². The van der Waals surface area contributed by atoms with Crippen LogP contribution in [0.4, 0.5) is 5.95 Å². The van der Waals surface area contributed by atoms with Gasteiger partial charge in [-0.1, -0.05) is 91.0 Å². The van der Waals surface area contributed by atoms with Crippen LogP contribution in [0.25, 0.3) is 0 Å². The minimum atomic E-state index is -1.26. The van der Waals surface area contributed by atoms with Gasteiger partial charge in [-0.25, -0.2) is 19.6 Å². The maximum atomic E-state index is 9.55. The van der Waals surface area contributed by atoms with Gasteiger partial charge < -0.3 is 15.1 Å². The number of carboxylic acid groups (broad SMARTS) is 2. The Morgan fingerprint density at radius 3 is 1.58 bits per heavy atom. The number of benzene rings is 3. The van der Waals surface area contributed by atoms with E-state index in [-0.39, 0.29) is 5.41 Å². The van der Waals surface area contributed by atoms with Gasteiger partial charge in [0.25, 0.3) is 0 Å². The Morgan fingerprint density at radius 1 is 0.744 bits per heavy atom. The SMILES string of the molecule is Cc1cnc(N2CCN(CCC(c3ccccc3)(c3ccccc3)c3ccccc3)CC2)nc1C.O=C(O)C=CC(=O)O. The molecule has 0 atom stereocenters. The number of hydrogen-bond donors (Lipinski definition) is 2. The van der Waals surface area contributed by atoms with E-state index in [1.165, 1.54) is 16.7 Å². The third kappa shape index (κ3) is 8.14. The molecule has 1 aliphatic rings. The van der Waals surface area contributed by atoms with E-state index >= 15 is 0 Å². The van der Waals surface area contributed by atoms with Crippen LogP contribution in [-0.2, 0) is 15.0 Å². The van der Waals surface area contributed by atoms with Crippen molar-refractivity contribution in [3.63, 3.8) is 0 Å². The van der Waals surface area contributed by atoms with E-state index in [9.17, 15) is 9.59 Å². The minimum Gasteiger partial charge on any atom is -0.478 e. The molecule has 8 heteroatoms. The Balaban J connectivity index is 0.000000467. The van der Waals surface area contributed by atoms with Gasteiger partial charge in [-0.05, 0) is 49.1 Å². The molecule has 8 nitrogen and oxygen atoms in total. The Morgan fingerprint density at radius 2 is 1.19 bits per heavy atom. The fourth-order valence-electron chi connectivity index (χ4n) is 5.41. The maximum absolute atomic E-state index is 9.55. The predicted octanol–water partition coefficient (Wildman–Crippen LogP) is 5.35. The average Bonchev–Trinajstić information content (AvgIpc) is 3.04. The number of hydrogen-bond acceptors (Lipinski definition) is 6. The smallest absolute Gasteiger partial charge is 0.328 e. The normalized spacial score (nSPS) is 13.8. The summed E-state index contributed by atoms with van der Waals surface area (Å²) < 4.78 is 0. The Kier molecular flexibility index (Phi) is 10.8. The van der Waals surface area contributed by atoms with E-state index < -0.39 is 11.9 Å². The molecule has 0 bridgehead atoms. The number of aromatic nitrogens is 2. The fraction of sp³-hybridized carbons (Fsp3) is 0.257. The van der Waals surface area contributed by atoms with Gasteiger partial charge in [-0.3, -0.25) is 4.90 Å². The van der Waals surface area contributed by atoms with Crippen molar-refractivity contribution in [2.45, 2.75) is 25.7 Å². The second-order valence-corrected chi connectivity index (χ2v) is 10.5. The standard InChI is InChI=1S/C31H34N4.C4H4O4/c1-25-24-32-30(33-26(25)2)35-22-20-34(21-23-35)19-18-31(27-12-6-3-7-13-27,28-14-8-4-9-15-28)29-16-10-5-11-17-29;5-3(6)1-2-4(7)8/h3-17,24H,18-23H2,1-2H3;1-2H,(H,5,6)(H,7,8). The summed E-state index contributed by atoms with van der Waals surface area (Å²) in [6.45, 7) is 9.10. The molecule has 1 aromatic heterocycles. The summed E-state index contributed by atoms with van der Waals surface area (Å²) in [5.74, 6) is -1.65. The monoisotopic (exact) mass is 578 g/mol. The van der Waals surface area contributed by atoms with Crippen molar-refractivity contribution in [3.8, 4) is 0 Å². The molecular formula is C35H38N4O4. The molecule has 5 rings (SSSR count). The predicted molar refractivity (Wildman–Crippen MR) is 168 cm³/mol. The molecular weight excluding hydrogens is 540 g/mol. The summed E-state index contributed by atoms with van der Waals surface area (Å²) >= 11 is 0.